The van der Waals surface area contributed by atoms with Gasteiger partial charge in [-0.2, -0.15) is 0 Å². The van der Waals surface area contributed by atoms with Crippen LogP contribution in [0.25, 0.3) is 10.8 Å². The highest BCUT2D eigenvalue weighted by atomic mass is 79.9. The molecule has 0 atom stereocenters. The third-order valence-electron chi connectivity index (χ3n) is 3.63. The van der Waals surface area contributed by atoms with Crippen molar-refractivity contribution in [2.45, 2.75) is 19.4 Å². The lowest BCUT2D eigenvalue weighted by Crippen LogP contribution is -2.08. The summed E-state index contributed by atoms with van der Waals surface area (Å²) in [7, 11) is 0. The van der Waals surface area contributed by atoms with Crippen molar-refractivity contribution in [2.24, 2.45) is 0 Å². The number of carbonyl (C=O) groups is 1. The molecule has 0 unspecified atom stereocenters. The van der Waals surface area contributed by atoms with Crippen molar-refractivity contribution in [1.82, 2.24) is 14.8 Å². The number of hydrogen-bond acceptors (Lipinski definition) is 3. The molecule has 0 bridgehead atoms. The van der Waals surface area contributed by atoms with Crippen LogP contribution in [0.4, 0.5) is 0 Å². The molecule has 0 aliphatic heterocycles. The van der Waals surface area contributed by atoms with Crippen LogP contribution < -0.4 is 0 Å². The molecule has 0 spiro atoms. The molecule has 0 saturated carbocycles. The molecule has 0 amide bonds. The highest BCUT2D eigenvalue weighted by molar-refractivity contribution is 9.10. The van der Waals surface area contributed by atoms with Gasteiger partial charge in [-0.1, -0.05) is 46.3 Å². The second-order valence-corrected chi connectivity index (χ2v) is 6.68. The Labute approximate surface area is 149 Å². The summed E-state index contributed by atoms with van der Waals surface area (Å²) in [4.78, 5) is 10.8. The normalized spacial score (nSPS) is 11.0. The topological polar surface area (TPSA) is 68.0 Å². The maximum atomic E-state index is 10.8. The number of nitrogens with zero attached hydrogens (tertiary/aromatic N) is 3. The Morgan fingerprint density at radius 1 is 1.09 bits per heavy atom. The van der Waals surface area contributed by atoms with Crippen molar-refractivity contribution in [3.8, 4) is 0 Å². The smallest absolute Gasteiger partial charge is 0.303 e. The van der Waals surface area contributed by atoms with Crippen molar-refractivity contribution in [3.63, 3.8) is 0 Å². The summed E-state index contributed by atoms with van der Waals surface area (Å²) in [6.07, 6.45) is 0.384. The minimum absolute atomic E-state index is 0.0339. The Balaban J connectivity index is 1.98. The summed E-state index contributed by atoms with van der Waals surface area (Å²) < 4.78 is 3.55. The average Bonchev–Trinajstić information content (AvgIpc) is 2.89. The number of carboxylic acid groups (broad SMARTS) is 1. The Hall–Kier alpha value is -1.73. The number of aliphatic carboxylic acids is 1. The zero-order valence-electron chi connectivity index (χ0n) is 12.0. The predicted octanol–water partition coefficient (Wildman–Crippen LogP) is 4.02. The fourth-order valence-corrected chi connectivity index (χ4v) is 3.39. The molecule has 7 heteroatoms. The molecule has 0 saturated heterocycles. The van der Waals surface area contributed by atoms with Crippen LogP contribution in [0.15, 0.2) is 45.6 Å². The molecule has 0 aliphatic carbocycles. The summed E-state index contributed by atoms with van der Waals surface area (Å²) in [6.45, 7) is 0.580. The van der Waals surface area contributed by atoms with Gasteiger partial charge >= 0.3 is 5.97 Å². The van der Waals surface area contributed by atoms with Crippen molar-refractivity contribution in [3.05, 3.63) is 57.0 Å². The Kier molecular flexibility index (Phi) is 4.77. The maximum absolute atomic E-state index is 10.8. The third kappa shape index (κ3) is 3.45. The second kappa shape index (κ2) is 6.80. The van der Waals surface area contributed by atoms with Gasteiger partial charge < -0.3 is 9.67 Å². The Morgan fingerprint density at radius 3 is 2.57 bits per heavy atom. The summed E-state index contributed by atoms with van der Waals surface area (Å²) in [6, 6.07) is 12.2. The minimum Gasteiger partial charge on any atom is -0.481 e. The highest BCUT2D eigenvalue weighted by Gasteiger charge is 2.13. The first-order valence-electron chi connectivity index (χ1n) is 7.02. The molecule has 118 valence electrons. The van der Waals surface area contributed by atoms with Gasteiger partial charge in [-0.3, -0.25) is 4.79 Å². The fourth-order valence-electron chi connectivity index (χ4n) is 2.51. The van der Waals surface area contributed by atoms with Crippen LogP contribution in [0.2, 0.25) is 0 Å². The first kappa shape index (κ1) is 16.1. The summed E-state index contributed by atoms with van der Waals surface area (Å²) in [5.41, 5.74) is 1.13. The van der Waals surface area contributed by atoms with E-state index < -0.39 is 5.97 Å². The monoisotopic (exact) mass is 437 g/mol. The molecule has 23 heavy (non-hydrogen) atoms. The molecule has 1 N–H and O–H groups in total. The van der Waals surface area contributed by atoms with E-state index in [1.54, 1.807) is 0 Å². The van der Waals surface area contributed by atoms with Crippen molar-refractivity contribution >= 4 is 48.6 Å². The van der Waals surface area contributed by atoms with Crippen LogP contribution in [0.5, 0.6) is 0 Å². The third-order valence-corrected chi connectivity index (χ3v) is 4.91. The lowest BCUT2D eigenvalue weighted by Gasteiger charge is -2.11. The van der Waals surface area contributed by atoms with Gasteiger partial charge in [-0.05, 0) is 38.3 Å². The van der Waals surface area contributed by atoms with E-state index in [4.69, 9.17) is 5.11 Å². The van der Waals surface area contributed by atoms with E-state index in [-0.39, 0.29) is 6.42 Å². The average molecular weight is 439 g/mol. The Morgan fingerprint density at radius 2 is 1.83 bits per heavy atom. The number of aromatic nitrogens is 3. The van der Waals surface area contributed by atoms with Gasteiger partial charge in [0.1, 0.15) is 5.82 Å². The second-order valence-electron chi connectivity index (χ2n) is 5.12. The maximum Gasteiger partial charge on any atom is 0.303 e. The number of benzene rings is 2. The van der Waals surface area contributed by atoms with Gasteiger partial charge in [-0.15, -0.1) is 10.2 Å². The van der Waals surface area contributed by atoms with E-state index in [0.717, 1.165) is 20.8 Å². The molecule has 0 radical (unpaired) electrons. The van der Waals surface area contributed by atoms with Crippen LogP contribution in [0, 0.1) is 0 Å². The molecule has 3 rings (SSSR count). The lowest BCUT2D eigenvalue weighted by atomic mass is 10.0. The first-order chi connectivity index (χ1) is 11.1. The zero-order chi connectivity index (χ0) is 16.4. The number of halogens is 2. The zero-order valence-corrected chi connectivity index (χ0v) is 15.2. The van der Waals surface area contributed by atoms with E-state index in [0.29, 0.717) is 23.5 Å². The van der Waals surface area contributed by atoms with E-state index in [1.165, 1.54) is 0 Å². The van der Waals surface area contributed by atoms with Crippen LogP contribution >= 0.6 is 31.9 Å². The van der Waals surface area contributed by atoms with Crippen molar-refractivity contribution in [2.75, 3.05) is 0 Å². The summed E-state index contributed by atoms with van der Waals surface area (Å²) in [5.74, 6) is -0.184. The van der Waals surface area contributed by atoms with E-state index in [9.17, 15) is 4.79 Å². The van der Waals surface area contributed by atoms with Crippen LogP contribution in [-0.4, -0.2) is 25.8 Å². The molecule has 2 aromatic carbocycles. The van der Waals surface area contributed by atoms with E-state index in [1.807, 2.05) is 22.8 Å². The van der Waals surface area contributed by atoms with Gasteiger partial charge in [0, 0.05) is 10.9 Å². The number of carboxylic acids is 1. The van der Waals surface area contributed by atoms with Gasteiger partial charge in [0.25, 0.3) is 0 Å². The summed E-state index contributed by atoms with van der Waals surface area (Å²) >= 11 is 6.97. The molecular weight excluding hydrogens is 426 g/mol. The molecular formula is C16H13Br2N3O2. The first-order valence-corrected chi connectivity index (χ1v) is 8.60. The van der Waals surface area contributed by atoms with Crippen LogP contribution in [0.1, 0.15) is 17.8 Å². The number of rotatable bonds is 5. The molecule has 5 nitrogen and oxygen atoms in total. The van der Waals surface area contributed by atoms with Gasteiger partial charge in [0.2, 0.25) is 0 Å². The van der Waals surface area contributed by atoms with Crippen molar-refractivity contribution in [1.29, 1.82) is 0 Å². The van der Waals surface area contributed by atoms with E-state index in [2.05, 4.69) is 60.3 Å². The molecule has 1 aromatic heterocycles. The number of hydrogen-bond donors (Lipinski definition) is 1. The van der Waals surface area contributed by atoms with Gasteiger partial charge in [-0.25, -0.2) is 0 Å². The van der Waals surface area contributed by atoms with Gasteiger partial charge in [0.05, 0.1) is 13.0 Å². The van der Waals surface area contributed by atoms with Gasteiger partial charge in [0.15, 0.2) is 4.73 Å². The highest BCUT2D eigenvalue weighted by Crippen LogP contribution is 2.28. The summed E-state index contributed by atoms with van der Waals surface area (Å²) in [5, 5.41) is 19.2. The number of aryl methyl sites for hydroxylation is 1. The Bertz CT molecular complexity index is 877. The molecule has 0 fully saturated rings. The van der Waals surface area contributed by atoms with Crippen LogP contribution in [0.3, 0.4) is 0 Å². The minimum atomic E-state index is -0.843. The quantitative estimate of drug-likeness (QED) is 0.653. The molecule has 3 aromatic rings. The van der Waals surface area contributed by atoms with Crippen LogP contribution in [-0.2, 0) is 17.8 Å². The standard InChI is InChI=1S/C16H13Br2N3O2/c17-13-6-5-10(11-3-1-2-4-12(11)13)9-21-14(7-8-15(22)23)19-20-16(21)18/h1-6H,7-9H2,(H,22,23). The lowest BCUT2D eigenvalue weighted by molar-refractivity contribution is -0.137. The molecule has 1 heterocycles. The fraction of sp³-hybridized carbons (Fsp3) is 0.188. The van der Waals surface area contributed by atoms with Crippen molar-refractivity contribution < 1.29 is 9.90 Å². The largest absolute Gasteiger partial charge is 0.481 e. The molecule has 0 aliphatic rings. The SMILES string of the molecule is O=C(O)CCc1nnc(Br)n1Cc1ccc(Br)c2ccccc12. The predicted molar refractivity (Wildman–Crippen MR) is 94.4 cm³/mol. The number of fused-ring (bicyclic) bond motifs is 1. The van der Waals surface area contributed by atoms with E-state index >= 15 is 0 Å².